The molecule has 1 heterocycles. The van der Waals surface area contributed by atoms with Gasteiger partial charge in [-0.1, -0.05) is 6.07 Å². The van der Waals surface area contributed by atoms with Crippen molar-refractivity contribution < 1.29 is 23.1 Å². The summed E-state index contributed by atoms with van der Waals surface area (Å²) in [7, 11) is 3.14. The van der Waals surface area contributed by atoms with Crippen LogP contribution in [0.2, 0.25) is 0 Å². The number of aromatic nitrogens is 1. The first-order chi connectivity index (χ1) is 16.9. The Morgan fingerprint density at radius 2 is 1.77 bits per heavy atom. The normalized spacial score (nSPS) is 10.7. The molecular formula is C27H26FN3O4. The number of rotatable bonds is 8. The molecule has 4 rings (SSSR count). The Kier molecular flexibility index (Phi) is 7.01. The first kappa shape index (κ1) is 23.8. The molecule has 0 spiro atoms. The first-order valence-electron chi connectivity index (χ1n) is 11.0. The van der Waals surface area contributed by atoms with Gasteiger partial charge in [-0.2, -0.15) is 0 Å². The van der Waals surface area contributed by atoms with E-state index in [2.05, 4.69) is 5.32 Å². The summed E-state index contributed by atoms with van der Waals surface area (Å²) in [6.45, 7) is 2.44. The zero-order chi connectivity index (χ0) is 24.9. The van der Waals surface area contributed by atoms with Crippen LogP contribution in [0.4, 0.5) is 4.39 Å². The second-order valence-electron chi connectivity index (χ2n) is 8.12. The number of aryl methyl sites for hydroxylation is 1. The molecule has 0 radical (unpaired) electrons. The quantitative estimate of drug-likeness (QED) is 0.388. The van der Waals surface area contributed by atoms with E-state index in [0.29, 0.717) is 23.6 Å². The monoisotopic (exact) mass is 475 g/mol. The number of nitrogens with one attached hydrogen (secondary N) is 2. The molecule has 2 N–H and O–H groups in total. The fourth-order valence-corrected chi connectivity index (χ4v) is 3.90. The maximum absolute atomic E-state index is 13.7. The van der Waals surface area contributed by atoms with Gasteiger partial charge in [-0.05, 0) is 77.2 Å². The van der Waals surface area contributed by atoms with Crippen molar-refractivity contribution in [3.63, 3.8) is 0 Å². The van der Waals surface area contributed by atoms with Crippen molar-refractivity contribution in [2.45, 2.75) is 20.0 Å². The molecule has 180 valence electrons. The van der Waals surface area contributed by atoms with Crippen molar-refractivity contribution in [1.29, 1.82) is 5.41 Å². The van der Waals surface area contributed by atoms with Gasteiger partial charge in [0.15, 0.2) is 0 Å². The molecule has 0 unspecified atom stereocenters. The summed E-state index contributed by atoms with van der Waals surface area (Å²) in [5.41, 5.74) is 4.45. The van der Waals surface area contributed by atoms with Crippen LogP contribution in [-0.4, -0.2) is 24.7 Å². The number of amides is 1. The van der Waals surface area contributed by atoms with E-state index >= 15 is 0 Å². The molecule has 3 aromatic carbocycles. The van der Waals surface area contributed by atoms with Gasteiger partial charge in [0.1, 0.15) is 23.6 Å². The number of oxazole rings is 1. The lowest BCUT2D eigenvalue weighted by molar-refractivity contribution is 0.0950. The van der Waals surface area contributed by atoms with E-state index in [1.165, 1.54) is 18.4 Å². The fraction of sp³-hybridized carbons (Fsp3) is 0.185. The summed E-state index contributed by atoms with van der Waals surface area (Å²) in [6.07, 6.45) is 3.10. The van der Waals surface area contributed by atoms with Crippen LogP contribution < -0.4 is 20.5 Å². The molecule has 4 aromatic rings. The number of hydrogen-bond acceptors (Lipinski definition) is 5. The van der Waals surface area contributed by atoms with Gasteiger partial charge in [-0.25, -0.2) is 4.39 Å². The van der Waals surface area contributed by atoms with Crippen LogP contribution in [0.25, 0.3) is 11.1 Å². The van der Waals surface area contributed by atoms with E-state index in [1.807, 2.05) is 25.1 Å². The Balaban J connectivity index is 1.66. The lowest BCUT2D eigenvalue weighted by atomic mass is 9.96. The van der Waals surface area contributed by atoms with Crippen LogP contribution in [0.3, 0.4) is 0 Å². The van der Waals surface area contributed by atoms with E-state index in [-0.39, 0.29) is 24.0 Å². The second kappa shape index (κ2) is 10.3. The Bertz CT molecular complexity index is 1400. The van der Waals surface area contributed by atoms with Crippen LogP contribution in [0.5, 0.6) is 11.5 Å². The van der Waals surface area contributed by atoms with Crippen molar-refractivity contribution in [3.05, 3.63) is 101 Å². The van der Waals surface area contributed by atoms with Crippen LogP contribution in [-0.2, 0) is 13.1 Å². The molecule has 1 amide bonds. The predicted molar refractivity (Wildman–Crippen MR) is 129 cm³/mol. The average molecular weight is 476 g/mol. The highest BCUT2D eigenvalue weighted by Crippen LogP contribution is 2.27. The molecule has 7 nitrogen and oxygen atoms in total. The molecule has 8 heteroatoms. The SMILES string of the molecule is COc1cc(CNC(=O)c2cc(Cn3ccoc3=N)cc(-c3ccc(F)cc3C)c2)cc(OC)c1. The van der Waals surface area contributed by atoms with Gasteiger partial charge in [-0.15, -0.1) is 0 Å². The van der Waals surface area contributed by atoms with Crippen LogP contribution in [0.1, 0.15) is 27.0 Å². The van der Waals surface area contributed by atoms with Gasteiger partial charge in [0, 0.05) is 24.4 Å². The highest BCUT2D eigenvalue weighted by molar-refractivity contribution is 5.95. The zero-order valence-electron chi connectivity index (χ0n) is 19.7. The number of ether oxygens (including phenoxy) is 2. The largest absolute Gasteiger partial charge is 0.497 e. The Hall–Kier alpha value is -4.33. The van der Waals surface area contributed by atoms with E-state index in [4.69, 9.17) is 19.3 Å². The summed E-state index contributed by atoms with van der Waals surface area (Å²) < 4.78 is 31.0. The van der Waals surface area contributed by atoms with Crippen LogP contribution in [0, 0.1) is 18.2 Å². The average Bonchev–Trinajstić information content (AvgIpc) is 3.26. The van der Waals surface area contributed by atoms with E-state index in [1.54, 1.807) is 49.2 Å². The number of nitrogens with zero attached hydrogens (tertiary/aromatic N) is 1. The minimum atomic E-state index is -0.318. The number of carbonyl (C=O) groups is 1. The lowest BCUT2D eigenvalue weighted by Crippen LogP contribution is -2.23. The second-order valence-corrected chi connectivity index (χ2v) is 8.12. The molecule has 0 fully saturated rings. The summed E-state index contributed by atoms with van der Waals surface area (Å²) >= 11 is 0. The van der Waals surface area contributed by atoms with Gasteiger partial charge >= 0.3 is 0 Å². The van der Waals surface area contributed by atoms with Crippen molar-refractivity contribution >= 4 is 5.91 Å². The Morgan fingerprint density at radius 1 is 1.03 bits per heavy atom. The van der Waals surface area contributed by atoms with Crippen LogP contribution >= 0.6 is 0 Å². The van der Waals surface area contributed by atoms with Gasteiger partial charge in [-0.3, -0.25) is 14.8 Å². The summed E-state index contributed by atoms with van der Waals surface area (Å²) in [5, 5.41) is 10.8. The Morgan fingerprint density at radius 3 is 2.40 bits per heavy atom. The minimum absolute atomic E-state index is 0.00587. The van der Waals surface area contributed by atoms with Gasteiger partial charge < -0.3 is 19.2 Å². The molecule has 0 bridgehead atoms. The molecule has 0 saturated heterocycles. The highest BCUT2D eigenvalue weighted by Gasteiger charge is 2.13. The highest BCUT2D eigenvalue weighted by atomic mass is 19.1. The maximum atomic E-state index is 13.7. The van der Waals surface area contributed by atoms with Crippen molar-refractivity contribution in [1.82, 2.24) is 9.88 Å². The summed E-state index contributed by atoms with van der Waals surface area (Å²) in [4.78, 5) is 13.2. The third-order valence-electron chi connectivity index (χ3n) is 5.65. The molecule has 0 aliphatic carbocycles. The molecule has 0 aliphatic rings. The van der Waals surface area contributed by atoms with Crippen molar-refractivity contribution in [3.8, 4) is 22.6 Å². The van der Waals surface area contributed by atoms with Gasteiger partial charge in [0.05, 0.1) is 20.8 Å². The molecule has 0 atom stereocenters. The molecule has 0 aliphatic heterocycles. The Labute approximate surface area is 202 Å². The summed E-state index contributed by atoms with van der Waals surface area (Å²) in [6, 6.07) is 15.5. The number of benzene rings is 3. The van der Waals surface area contributed by atoms with Crippen molar-refractivity contribution in [2.75, 3.05) is 14.2 Å². The molecule has 0 saturated carbocycles. The number of carbonyl (C=O) groups excluding carboxylic acids is 1. The standard InChI is InChI=1S/C27H26FN3O4/c1-17-8-22(28)4-5-25(17)20-9-19(16-31-6-7-35-27(31)29)10-21(13-20)26(32)30-15-18-11-23(33-2)14-24(12-18)34-3/h4-14,29H,15-16H2,1-3H3,(H,30,32). The molecule has 35 heavy (non-hydrogen) atoms. The smallest absolute Gasteiger partial charge is 0.293 e. The third kappa shape index (κ3) is 5.60. The van der Waals surface area contributed by atoms with Crippen LogP contribution in [0.15, 0.2) is 71.5 Å². The predicted octanol–water partition coefficient (Wildman–Crippen LogP) is 4.67. The van der Waals surface area contributed by atoms with Crippen molar-refractivity contribution in [2.24, 2.45) is 0 Å². The molecule has 1 aromatic heterocycles. The fourth-order valence-electron chi connectivity index (χ4n) is 3.90. The van der Waals surface area contributed by atoms with E-state index < -0.39 is 0 Å². The minimum Gasteiger partial charge on any atom is -0.497 e. The number of methoxy groups -OCH3 is 2. The summed E-state index contributed by atoms with van der Waals surface area (Å²) in [5.74, 6) is 0.681. The van der Waals surface area contributed by atoms with E-state index in [9.17, 15) is 9.18 Å². The topological polar surface area (TPSA) is 89.5 Å². The van der Waals surface area contributed by atoms with E-state index in [0.717, 1.165) is 27.8 Å². The number of hydrogen-bond donors (Lipinski definition) is 2. The van der Waals surface area contributed by atoms with Gasteiger partial charge in [0.2, 0.25) is 0 Å². The zero-order valence-corrected chi connectivity index (χ0v) is 19.7. The maximum Gasteiger partial charge on any atom is 0.293 e. The lowest BCUT2D eigenvalue weighted by Gasteiger charge is -2.13. The number of halogens is 1. The third-order valence-corrected chi connectivity index (χ3v) is 5.65. The van der Waals surface area contributed by atoms with Gasteiger partial charge in [0.25, 0.3) is 11.6 Å². The molecular weight excluding hydrogens is 449 g/mol. The first-order valence-corrected chi connectivity index (χ1v) is 11.0.